The van der Waals surface area contributed by atoms with Gasteiger partial charge in [-0.15, -0.1) is 0 Å². The van der Waals surface area contributed by atoms with Crippen molar-refractivity contribution in [3.05, 3.63) is 121 Å². The molecule has 0 unspecified atom stereocenters. The Kier molecular flexibility index (Phi) is 11.5. The van der Waals surface area contributed by atoms with Crippen LogP contribution in [0, 0.1) is 0 Å². The Bertz CT molecular complexity index is 1120. The third-order valence-corrected chi connectivity index (χ3v) is 15.7. The van der Waals surface area contributed by atoms with Gasteiger partial charge in [0.15, 0.2) is 0 Å². The third kappa shape index (κ3) is 7.80. The highest BCUT2D eigenvalue weighted by Gasteiger charge is 2.27. The van der Waals surface area contributed by atoms with Crippen LogP contribution in [-0.4, -0.2) is 23.8 Å². The van der Waals surface area contributed by atoms with Gasteiger partial charge in [-0.3, -0.25) is 0 Å². The van der Waals surface area contributed by atoms with Crippen molar-refractivity contribution in [2.24, 2.45) is 0 Å². The molecule has 0 spiro atoms. The first-order chi connectivity index (χ1) is 18.6. The van der Waals surface area contributed by atoms with Gasteiger partial charge in [0.2, 0.25) is 0 Å². The van der Waals surface area contributed by atoms with Crippen molar-refractivity contribution >= 4 is 57.1 Å². The molecule has 0 aliphatic heterocycles. The second-order valence-electron chi connectivity index (χ2n) is 9.33. The van der Waals surface area contributed by atoms with Crippen LogP contribution < -0.4 is 21.2 Å². The van der Waals surface area contributed by atoms with E-state index in [1.54, 1.807) is 0 Å². The molecule has 0 atom stereocenters. The first kappa shape index (κ1) is 29.0. The molecule has 0 radical (unpaired) electrons. The van der Waals surface area contributed by atoms with E-state index < -0.39 is 14.3 Å². The molecule has 4 rings (SSSR count). The molecule has 0 aliphatic rings. The lowest BCUT2D eigenvalue weighted by Crippen LogP contribution is -2.18. The van der Waals surface area contributed by atoms with E-state index in [0.29, 0.717) is 12.3 Å². The van der Waals surface area contributed by atoms with Crippen LogP contribution in [-0.2, 0) is 9.13 Å². The van der Waals surface area contributed by atoms with E-state index in [9.17, 15) is 9.13 Å². The molecule has 0 heterocycles. The first-order valence-electron chi connectivity index (χ1n) is 13.3. The Hall–Kier alpha value is -1.96. The summed E-state index contributed by atoms with van der Waals surface area (Å²) in [5.41, 5.74) is 0. The number of hydrogen-bond acceptors (Lipinski definition) is 4. The number of rotatable bonds is 15. The molecule has 198 valence electrons. The lowest BCUT2D eigenvalue weighted by molar-refractivity contribution is 0.584. The van der Waals surface area contributed by atoms with Gasteiger partial charge in [0.05, 0.1) is 0 Å². The van der Waals surface area contributed by atoms with Crippen LogP contribution >= 0.6 is 35.9 Å². The highest BCUT2D eigenvalue weighted by Crippen LogP contribution is 2.45. The summed E-state index contributed by atoms with van der Waals surface area (Å²) in [7, 11) is -1.40. The van der Waals surface area contributed by atoms with Crippen LogP contribution in [0.5, 0.6) is 0 Å². The average molecular weight is 579 g/mol. The van der Waals surface area contributed by atoms with Gasteiger partial charge in [0, 0.05) is 45.0 Å². The molecule has 0 aromatic heterocycles. The van der Waals surface area contributed by atoms with Crippen molar-refractivity contribution in [1.29, 1.82) is 0 Å². The maximum Gasteiger partial charge on any atom is 0.143 e. The van der Waals surface area contributed by atoms with Crippen LogP contribution in [0.2, 0.25) is 0 Å². The Morgan fingerprint density at radius 1 is 0.395 bits per heavy atom. The average Bonchev–Trinajstić information content (AvgIpc) is 2.99. The van der Waals surface area contributed by atoms with Crippen molar-refractivity contribution < 1.29 is 9.13 Å². The zero-order chi connectivity index (χ0) is 26.5. The third-order valence-electron chi connectivity index (χ3n) is 6.68. The molecule has 0 amide bonds. The molecule has 0 saturated heterocycles. The minimum absolute atomic E-state index is 0.709. The van der Waals surface area contributed by atoms with E-state index in [1.165, 1.54) is 0 Å². The molecule has 0 aliphatic carbocycles. The van der Waals surface area contributed by atoms with Crippen molar-refractivity contribution in [2.45, 2.75) is 25.7 Å². The zero-order valence-corrected chi connectivity index (χ0v) is 25.2. The number of benzene rings is 4. The smallest absolute Gasteiger partial charge is 0.143 e. The summed E-state index contributed by atoms with van der Waals surface area (Å²) in [6.45, 7) is 0. The second kappa shape index (κ2) is 15.0. The summed E-state index contributed by atoms with van der Waals surface area (Å²) in [5.74, 6) is 2.11. The van der Waals surface area contributed by atoms with Gasteiger partial charge in [-0.05, 0) is 25.7 Å². The molecule has 38 heavy (non-hydrogen) atoms. The summed E-state index contributed by atoms with van der Waals surface area (Å²) in [5, 5.41) is 3.82. The fraction of sp³-hybridized carbons (Fsp3) is 0.250. The lowest BCUT2D eigenvalue weighted by atomic mass is 10.4. The van der Waals surface area contributed by atoms with Gasteiger partial charge in [-0.2, -0.15) is 0 Å². The number of hydrogen-bond donors (Lipinski definition) is 0. The van der Waals surface area contributed by atoms with Crippen molar-refractivity contribution in [3.63, 3.8) is 0 Å². The Balaban J connectivity index is 1.19. The monoisotopic (exact) mass is 578 g/mol. The van der Waals surface area contributed by atoms with E-state index in [1.807, 2.05) is 143 Å². The van der Waals surface area contributed by atoms with Gasteiger partial charge in [-0.1, -0.05) is 143 Å². The summed E-state index contributed by atoms with van der Waals surface area (Å²) >= 11 is 0. The Labute approximate surface area is 236 Å². The van der Waals surface area contributed by atoms with E-state index in [0.717, 1.165) is 58.4 Å². The molecular formula is C32H36O2P2S2. The van der Waals surface area contributed by atoms with Gasteiger partial charge in [0.1, 0.15) is 14.3 Å². The van der Waals surface area contributed by atoms with E-state index in [4.69, 9.17) is 0 Å². The zero-order valence-electron chi connectivity index (χ0n) is 21.7. The summed E-state index contributed by atoms with van der Waals surface area (Å²) in [6.07, 6.45) is 5.43. The SMILES string of the molecule is O=P(CCCCSSCCCCP(=O)(c1ccccc1)c1ccccc1)(c1ccccc1)c1ccccc1. The summed E-state index contributed by atoms with van der Waals surface area (Å²) in [6, 6.07) is 39.8. The molecule has 2 nitrogen and oxygen atoms in total. The van der Waals surface area contributed by atoms with Crippen molar-refractivity contribution in [2.75, 3.05) is 23.8 Å². The fourth-order valence-electron chi connectivity index (χ4n) is 4.60. The first-order valence-corrected chi connectivity index (χ1v) is 19.6. The highest BCUT2D eigenvalue weighted by atomic mass is 33.1. The van der Waals surface area contributed by atoms with Crippen molar-refractivity contribution in [3.8, 4) is 0 Å². The predicted octanol–water partition coefficient (Wildman–Crippen LogP) is 7.96. The molecular weight excluding hydrogens is 542 g/mol. The quantitative estimate of drug-likeness (QED) is 0.0814. The Morgan fingerprint density at radius 2 is 0.658 bits per heavy atom. The van der Waals surface area contributed by atoms with Crippen LogP contribution in [0.15, 0.2) is 121 Å². The summed E-state index contributed by atoms with van der Waals surface area (Å²) < 4.78 is 28.1. The molecule has 0 saturated carbocycles. The topological polar surface area (TPSA) is 34.1 Å². The van der Waals surface area contributed by atoms with Gasteiger partial charge in [0.25, 0.3) is 0 Å². The van der Waals surface area contributed by atoms with Crippen LogP contribution in [0.25, 0.3) is 0 Å². The van der Waals surface area contributed by atoms with E-state index in [2.05, 4.69) is 0 Å². The van der Waals surface area contributed by atoms with Crippen molar-refractivity contribution in [1.82, 2.24) is 0 Å². The predicted molar refractivity (Wildman–Crippen MR) is 173 cm³/mol. The van der Waals surface area contributed by atoms with Crippen LogP contribution in [0.3, 0.4) is 0 Å². The normalized spacial score (nSPS) is 11.9. The molecule has 0 bridgehead atoms. The van der Waals surface area contributed by atoms with E-state index >= 15 is 0 Å². The van der Waals surface area contributed by atoms with Gasteiger partial charge < -0.3 is 9.13 Å². The fourth-order valence-corrected chi connectivity index (χ4v) is 12.5. The molecule has 0 fully saturated rings. The maximum atomic E-state index is 14.1. The molecule has 0 N–H and O–H groups in total. The largest absolute Gasteiger partial charge is 0.314 e. The molecule has 4 aromatic rings. The minimum atomic E-state index is -2.60. The van der Waals surface area contributed by atoms with Gasteiger partial charge >= 0.3 is 0 Å². The molecule has 6 heteroatoms. The van der Waals surface area contributed by atoms with E-state index in [-0.39, 0.29) is 0 Å². The minimum Gasteiger partial charge on any atom is -0.314 e. The maximum absolute atomic E-state index is 14.1. The Morgan fingerprint density at radius 3 is 0.921 bits per heavy atom. The lowest BCUT2D eigenvalue weighted by Gasteiger charge is -2.19. The van der Waals surface area contributed by atoms with Crippen LogP contribution in [0.4, 0.5) is 0 Å². The summed E-state index contributed by atoms with van der Waals surface area (Å²) in [4.78, 5) is 0. The number of unbranched alkanes of at least 4 members (excludes halogenated alkanes) is 2. The molecule has 4 aromatic carbocycles. The van der Waals surface area contributed by atoms with Gasteiger partial charge in [-0.25, -0.2) is 0 Å². The highest BCUT2D eigenvalue weighted by molar-refractivity contribution is 8.76. The standard InChI is InChI=1S/C32H36O2P2S2/c33-35(29-17-5-1-6-18-29,30-19-7-2-8-20-30)25-13-15-27-37-38-28-16-14-26-36(34,31-21-9-3-10-22-31)32-23-11-4-12-24-32/h1-12,17-24H,13-16,25-28H2. The second-order valence-corrected chi connectivity index (χ2v) is 17.9. The van der Waals surface area contributed by atoms with Crippen LogP contribution in [0.1, 0.15) is 25.7 Å².